The summed E-state index contributed by atoms with van der Waals surface area (Å²) in [6, 6.07) is 0.854. The van der Waals surface area contributed by atoms with Crippen molar-refractivity contribution in [2.75, 3.05) is 26.2 Å². The molecule has 9 atom stereocenters. The zero-order valence-corrected chi connectivity index (χ0v) is 52.6. The minimum absolute atomic E-state index is 0.0246. The molecule has 96 heavy (non-hydrogen) atoms. The molecular weight excluding hydrogens is 1250 g/mol. The van der Waals surface area contributed by atoms with Gasteiger partial charge in [0.25, 0.3) is 0 Å². The van der Waals surface area contributed by atoms with Crippen LogP contribution in [0.15, 0.2) is 97.7 Å². The number of aromatic nitrogens is 4. The molecule has 1 fully saturated rings. The second-order valence-electron chi connectivity index (χ2n) is 23.6. The van der Waals surface area contributed by atoms with Crippen LogP contribution in [0.1, 0.15) is 87.1 Å². The summed E-state index contributed by atoms with van der Waals surface area (Å²) in [4.78, 5) is 169. The highest BCUT2D eigenvalue weighted by atomic mass is 19.1. The first-order chi connectivity index (χ1) is 46.0. The van der Waals surface area contributed by atoms with Crippen LogP contribution in [0.25, 0.3) is 21.8 Å². The molecule has 2 aliphatic rings. The zero-order valence-electron chi connectivity index (χ0n) is 52.6. The number of carboxylic acid groups (broad SMARTS) is 1. The van der Waals surface area contributed by atoms with Crippen LogP contribution in [-0.4, -0.2) is 181 Å². The Labute approximate surface area is 548 Å². The van der Waals surface area contributed by atoms with Gasteiger partial charge in [0, 0.05) is 85.2 Å². The lowest BCUT2D eigenvalue weighted by Gasteiger charge is -2.31. The summed E-state index contributed by atoms with van der Waals surface area (Å²) in [6.07, 6.45) is 7.99. The molecule has 512 valence electrons. The number of imidazole rings is 1. The number of ether oxygens (including phenoxy) is 1. The van der Waals surface area contributed by atoms with Crippen LogP contribution in [-0.2, 0) is 83.2 Å². The third-order valence-corrected chi connectivity index (χ3v) is 16.5. The van der Waals surface area contributed by atoms with E-state index in [1.807, 2.05) is 0 Å². The molecule has 0 saturated carbocycles. The third-order valence-electron chi connectivity index (χ3n) is 16.5. The first-order valence-electron chi connectivity index (χ1n) is 31.4. The highest BCUT2D eigenvalue weighted by Gasteiger charge is 2.44. The van der Waals surface area contributed by atoms with Gasteiger partial charge in [-0.25, -0.2) is 13.8 Å². The van der Waals surface area contributed by atoms with Crippen LogP contribution in [0.4, 0.5) is 8.78 Å². The monoisotopic (exact) mass is 1330 g/mol. The summed E-state index contributed by atoms with van der Waals surface area (Å²) >= 11 is 0. The molecule has 6 aromatic rings. The van der Waals surface area contributed by atoms with Gasteiger partial charge in [-0.1, -0.05) is 30.7 Å². The number of unbranched alkanes of at least 4 members (excludes halogenated alkanes) is 1. The number of amides is 10. The van der Waals surface area contributed by atoms with Gasteiger partial charge in [0.15, 0.2) is 0 Å². The van der Waals surface area contributed by atoms with Gasteiger partial charge in [0.1, 0.15) is 65.7 Å². The number of hydrogen-bond donors (Lipinski definition) is 15. The molecule has 10 amide bonds. The number of aromatic amines is 3. The van der Waals surface area contributed by atoms with Gasteiger partial charge in [-0.2, -0.15) is 0 Å². The Kier molecular flexibility index (Phi) is 25.3. The molecule has 29 nitrogen and oxygen atoms in total. The Hall–Kier alpha value is -10.6. The van der Waals surface area contributed by atoms with E-state index in [-0.39, 0.29) is 74.2 Å². The van der Waals surface area contributed by atoms with Crippen LogP contribution in [0, 0.1) is 11.6 Å². The number of halogens is 2. The van der Waals surface area contributed by atoms with Crippen molar-refractivity contribution in [3.05, 3.63) is 132 Å². The van der Waals surface area contributed by atoms with E-state index in [9.17, 15) is 66.9 Å². The molecule has 3 aromatic heterocycles. The number of carbonyl (C=O) groups is 11. The number of nitrogens with one attached hydrogen (secondary N) is 11. The minimum Gasteiger partial charge on any atom is -0.508 e. The molecule has 17 N–H and O–H groups in total. The average Bonchev–Trinajstić information content (AvgIpc) is 1.64. The van der Waals surface area contributed by atoms with E-state index in [4.69, 9.17) is 16.2 Å². The van der Waals surface area contributed by atoms with Gasteiger partial charge < -0.3 is 88.8 Å². The molecule has 8 rings (SSSR count). The number of aromatic hydroxyl groups is 1. The van der Waals surface area contributed by atoms with Crippen molar-refractivity contribution in [2.24, 2.45) is 11.5 Å². The lowest BCUT2D eigenvalue weighted by Crippen LogP contribution is -2.61. The maximum absolute atomic E-state index is 15.0. The van der Waals surface area contributed by atoms with Crippen molar-refractivity contribution in [1.29, 1.82) is 0 Å². The average molecular weight is 1330 g/mol. The molecule has 31 heteroatoms. The van der Waals surface area contributed by atoms with Crippen LogP contribution in [0.3, 0.4) is 0 Å². The second-order valence-corrected chi connectivity index (χ2v) is 23.6. The predicted octanol–water partition coefficient (Wildman–Crippen LogP) is 0.362. The van der Waals surface area contributed by atoms with E-state index in [1.165, 1.54) is 91.3 Å². The summed E-state index contributed by atoms with van der Waals surface area (Å²) in [7, 11) is 0. The Bertz CT molecular complexity index is 3800. The third kappa shape index (κ3) is 20.0. The predicted molar refractivity (Wildman–Crippen MR) is 342 cm³/mol. The second kappa shape index (κ2) is 34.0. The van der Waals surface area contributed by atoms with E-state index < -0.39 is 157 Å². The molecule has 0 spiro atoms. The van der Waals surface area contributed by atoms with Crippen molar-refractivity contribution >= 4 is 86.8 Å². The standard InChI is InChI=1S/C65H79F2N15O14/c1-35(83)75-48-9-5-3-2-4-8-22-96-54-19-21-82(57(54)58(69)88)65(95)53(23-36-11-15-42(84)16-12-36)81-63(93)51(28-41-32-70-34-74-41)79-64(94)52(29-56(86)87)80-62(92)50(25-38-31-72-46-18-14-40(67)27-44(38)46)78-61(91)49(24-37-30-71-45-17-13-39(66)26-43(37)45)76-55(85)33-73-59(89)47(77-60(48)90)10-6-7-20-68/h4,8,11-18,26-27,30-32,34,47-54,57,71-72,84H,2-3,5-7,9-10,19-25,28-29,33,68H2,1H3,(H2,69,88)(H,70,74)(H,73,89)(H,75,83)(H,76,85)(H,77,90)(H,78,91)(H,79,94)(H,80,92)(H,81,93)(H,86,87)/t47-,48-,49-,50-,51-,52-,53-,54+,57-/m0/s1. The Balaban J connectivity index is 1.16. The summed E-state index contributed by atoms with van der Waals surface area (Å²) < 4.78 is 35.8. The molecule has 0 aliphatic carbocycles. The molecular formula is C65H79F2N15O14. The molecule has 0 unspecified atom stereocenters. The van der Waals surface area contributed by atoms with E-state index in [2.05, 4.69) is 62.5 Å². The van der Waals surface area contributed by atoms with Gasteiger partial charge in [0.2, 0.25) is 59.1 Å². The molecule has 2 aliphatic heterocycles. The van der Waals surface area contributed by atoms with Gasteiger partial charge >= 0.3 is 5.97 Å². The maximum atomic E-state index is 15.0. The summed E-state index contributed by atoms with van der Waals surface area (Å²) in [6.45, 7) is 0.599. The van der Waals surface area contributed by atoms with Crippen molar-refractivity contribution < 1.29 is 76.5 Å². The molecule has 3 aromatic carbocycles. The number of aliphatic carboxylic acids is 1. The lowest BCUT2D eigenvalue weighted by atomic mass is 10.0. The first kappa shape index (κ1) is 71.3. The number of benzene rings is 3. The number of nitrogens with zero attached hydrogens (tertiary/aromatic N) is 2. The Morgan fingerprint density at radius 3 is 1.86 bits per heavy atom. The normalized spacial score (nSPS) is 23.0. The molecule has 2 bridgehead atoms. The number of carboxylic acids is 1. The fourth-order valence-electron chi connectivity index (χ4n) is 11.6. The number of hydrogen-bond acceptors (Lipinski definition) is 15. The van der Waals surface area contributed by atoms with Crippen molar-refractivity contribution in [3.8, 4) is 5.75 Å². The van der Waals surface area contributed by atoms with Gasteiger partial charge in [0.05, 0.1) is 32.0 Å². The number of nitrogens with two attached hydrogens (primary N) is 2. The van der Waals surface area contributed by atoms with Crippen molar-refractivity contribution in [2.45, 2.75) is 145 Å². The fourth-order valence-corrected chi connectivity index (χ4v) is 11.6. The molecule has 1 saturated heterocycles. The number of primary amides is 1. The van der Waals surface area contributed by atoms with Crippen LogP contribution in [0.5, 0.6) is 5.75 Å². The lowest BCUT2D eigenvalue weighted by molar-refractivity contribution is -0.143. The zero-order chi connectivity index (χ0) is 69.0. The van der Waals surface area contributed by atoms with Crippen molar-refractivity contribution in [1.82, 2.24) is 67.4 Å². The van der Waals surface area contributed by atoms with Crippen molar-refractivity contribution in [3.63, 3.8) is 0 Å². The summed E-state index contributed by atoms with van der Waals surface area (Å²) in [5.74, 6) is -12.3. The topological polar surface area (TPSA) is 449 Å². The van der Waals surface area contributed by atoms with Crippen LogP contribution < -0.4 is 54.0 Å². The Morgan fingerprint density at radius 2 is 1.27 bits per heavy atom. The smallest absolute Gasteiger partial charge is 0.305 e. The number of H-pyrrole nitrogens is 3. The summed E-state index contributed by atoms with van der Waals surface area (Å²) in [5.41, 5.74) is 13.8. The van der Waals surface area contributed by atoms with E-state index in [0.717, 1.165) is 6.07 Å². The number of fused-ring (bicyclic) bond motifs is 4. The van der Waals surface area contributed by atoms with Crippen LogP contribution in [0.2, 0.25) is 0 Å². The SMILES string of the molecule is CC(=O)N[C@H]1CCCCC=CCO[C@@H]2CCN(C(=O)[C@H](Cc3ccc(O)cc3)NC(=O)[C@H](Cc3cnc[nH]3)NC(=O)[C@H](CC(=O)O)NC(=O)[C@H](Cc3c[nH]c4ccc(F)cc34)NC(=O)[C@H](Cc3c[nH]c4ccc(F)cc34)NC(=O)CNC(=O)[C@H](CCCCN)NC1=O)[C@@H]2C(N)=O. The largest absolute Gasteiger partial charge is 0.508 e. The summed E-state index contributed by atoms with van der Waals surface area (Å²) in [5, 5.41) is 41.6. The van der Waals surface area contributed by atoms with Gasteiger partial charge in [-0.05, 0) is 117 Å². The van der Waals surface area contributed by atoms with Gasteiger partial charge in [-0.15, -0.1) is 0 Å². The molecule has 5 heterocycles. The number of phenolic OH excluding ortho intramolecular Hbond substituents is 1. The molecule has 0 radical (unpaired) electrons. The van der Waals surface area contributed by atoms with E-state index >= 15 is 4.79 Å². The quantitative estimate of drug-likeness (QED) is 0.0460. The minimum atomic E-state index is -2.04. The van der Waals surface area contributed by atoms with E-state index in [0.29, 0.717) is 59.7 Å². The number of carbonyl (C=O) groups excluding carboxylic acids is 10. The van der Waals surface area contributed by atoms with Gasteiger partial charge in [-0.3, -0.25) is 52.7 Å². The first-order valence-corrected chi connectivity index (χ1v) is 31.4. The highest BCUT2D eigenvalue weighted by molar-refractivity contribution is 6.00. The number of allylic oxidation sites excluding steroid dienone is 1. The highest BCUT2D eigenvalue weighted by Crippen LogP contribution is 2.26. The number of phenols is 1. The number of rotatable bonds is 16. The van der Waals surface area contributed by atoms with E-state index in [1.54, 1.807) is 12.2 Å². The van der Waals surface area contributed by atoms with Crippen LogP contribution >= 0.6 is 0 Å². The Morgan fingerprint density at radius 1 is 0.677 bits per heavy atom. The maximum Gasteiger partial charge on any atom is 0.305 e. The fraction of sp³-hybridized carbons (Fsp3) is 0.415.